The van der Waals surface area contributed by atoms with E-state index < -0.39 is 17.3 Å². The number of anilines is 1. The van der Waals surface area contributed by atoms with E-state index in [2.05, 4.69) is 15.3 Å². The molecule has 0 fully saturated rings. The van der Waals surface area contributed by atoms with Crippen LogP contribution in [0.4, 0.5) is 5.82 Å². The minimum absolute atomic E-state index is 0.0142. The molecule has 17 heavy (non-hydrogen) atoms. The summed E-state index contributed by atoms with van der Waals surface area (Å²) >= 11 is 5.54. The molecule has 7 heteroatoms. The molecule has 0 spiro atoms. The Bertz CT molecular complexity index is 448. The van der Waals surface area contributed by atoms with Gasteiger partial charge in [-0.2, -0.15) is 0 Å². The van der Waals surface area contributed by atoms with E-state index in [0.29, 0.717) is 0 Å². The maximum Gasteiger partial charge on any atom is 0.309 e. The van der Waals surface area contributed by atoms with Gasteiger partial charge in [-0.15, -0.1) is 0 Å². The Balaban J connectivity index is 2.65. The van der Waals surface area contributed by atoms with Crippen LogP contribution >= 0.6 is 11.6 Å². The van der Waals surface area contributed by atoms with Crippen molar-refractivity contribution in [2.45, 2.75) is 20.3 Å². The molecule has 0 aromatic carbocycles. The Kier molecular flexibility index (Phi) is 4.01. The first kappa shape index (κ1) is 13.4. The highest BCUT2D eigenvalue weighted by molar-refractivity contribution is 6.28. The van der Waals surface area contributed by atoms with E-state index in [4.69, 9.17) is 16.7 Å². The molecule has 0 aliphatic rings. The largest absolute Gasteiger partial charge is 0.481 e. The first-order valence-corrected chi connectivity index (χ1v) is 5.21. The van der Waals surface area contributed by atoms with Crippen molar-refractivity contribution in [1.82, 2.24) is 9.97 Å². The van der Waals surface area contributed by atoms with Crippen LogP contribution in [0.1, 0.15) is 20.3 Å². The topological polar surface area (TPSA) is 92.2 Å². The van der Waals surface area contributed by atoms with E-state index in [1.807, 2.05) is 0 Å². The normalized spacial score (nSPS) is 11.0. The first-order chi connectivity index (χ1) is 7.81. The Morgan fingerprint density at radius 3 is 2.71 bits per heavy atom. The Morgan fingerprint density at radius 2 is 2.18 bits per heavy atom. The van der Waals surface area contributed by atoms with Gasteiger partial charge in [-0.25, -0.2) is 9.97 Å². The van der Waals surface area contributed by atoms with Crippen LogP contribution in [0.5, 0.6) is 0 Å². The van der Waals surface area contributed by atoms with Gasteiger partial charge in [0.1, 0.15) is 5.82 Å². The molecule has 1 rings (SSSR count). The van der Waals surface area contributed by atoms with Crippen LogP contribution in [0.2, 0.25) is 5.28 Å². The van der Waals surface area contributed by atoms with Crippen molar-refractivity contribution in [2.24, 2.45) is 5.41 Å². The van der Waals surface area contributed by atoms with Gasteiger partial charge >= 0.3 is 5.97 Å². The van der Waals surface area contributed by atoms with Crippen LogP contribution in [0, 0.1) is 5.41 Å². The molecule has 0 aliphatic heterocycles. The maximum absolute atomic E-state index is 11.6. The number of carboxylic acid groups (broad SMARTS) is 1. The van der Waals surface area contributed by atoms with Crippen molar-refractivity contribution in [2.75, 3.05) is 5.32 Å². The number of carboxylic acids is 1. The second-order valence-electron chi connectivity index (χ2n) is 4.12. The van der Waals surface area contributed by atoms with Crippen molar-refractivity contribution in [1.29, 1.82) is 0 Å². The third kappa shape index (κ3) is 3.99. The number of hydrogen-bond acceptors (Lipinski definition) is 4. The summed E-state index contributed by atoms with van der Waals surface area (Å²) in [5.74, 6) is -1.23. The van der Waals surface area contributed by atoms with Crippen molar-refractivity contribution in [3.05, 3.63) is 17.5 Å². The molecule has 0 aliphatic carbocycles. The molecule has 92 valence electrons. The third-order valence-electron chi connectivity index (χ3n) is 2.08. The lowest BCUT2D eigenvalue weighted by Crippen LogP contribution is -2.29. The van der Waals surface area contributed by atoms with Crippen LogP contribution in [-0.4, -0.2) is 27.0 Å². The van der Waals surface area contributed by atoms with Crippen molar-refractivity contribution >= 4 is 29.3 Å². The molecule has 6 nitrogen and oxygen atoms in total. The lowest BCUT2D eigenvalue weighted by molar-refractivity contribution is -0.148. The monoisotopic (exact) mass is 257 g/mol. The summed E-state index contributed by atoms with van der Waals surface area (Å²) in [7, 11) is 0. The number of rotatable bonds is 4. The highest BCUT2D eigenvalue weighted by atomic mass is 35.5. The van der Waals surface area contributed by atoms with Gasteiger partial charge in [-0.1, -0.05) is 0 Å². The first-order valence-electron chi connectivity index (χ1n) is 4.83. The van der Waals surface area contributed by atoms with Crippen LogP contribution in [0.15, 0.2) is 12.3 Å². The van der Waals surface area contributed by atoms with Gasteiger partial charge in [0, 0.05) is 12.6 Å². The number of nitrogens with one attached hydrogen (secondary N) is 1. The predicted octanol–water partition coefficient (Wildman–Crippen LogP) is 1.57. The Hall–Kier alpha value is -1.69. The Morgan fingerprint density at radius 1 is 1.53 bits per heavy atom. The van der Waals surface area contributed by atoms with Crippen LogP contribution in [-0.2, 0) is 9.59 Å². The van der Waals surface area contributed by atoms with Gasteiger partial charge in [-0.3, -0.25) is 9.59 Å². The van der Waals surface area contributed by atoms with E-state index in [9.17, 15) is 9.59 Å². The highest BCUT2D eigenvalue weighted by Gasteiger charge is 2.30. The summed E-state index contributed by atoms with van der Waals surface area (Å²) in [4.78, 5) is 29.8. The number of amides is 1. The molecular weight excluding hydrogens is 246 g/mol. The summed E-state index contributed by atoms with van der Waals surface area (Å²) in [6.07, 6.45) is 1.25. The summed E-state index contributed by atoms with van der Waals surface area (Å²) < 4.78 is 0. The fourth-order valence-corrected chi connectivity index (χ4v) is 1.22. The van der Waals surface area contributed by atoms with Gasteiger partial charge in [0.25, 0.3) is 0 Å². The van der Waals surface area contributed by atoms with Crippen LogP contribution < -0.4 is 5.32 Å². The number of carbonyl (C=O) groups is 2. The maximum atomic E-state index is 11.6. The molecule has 2 N–H and O–H groups in total. The number of nitrogens with zero attached hydrogens (tertiary/aromatic N) is 2. The van der Waals surface area contributed by atoms with Gasteiger partial charge in [-0.05, 0) is 31.5 Å². The van der Waals surface area contributed by atoms with Crippen molar-refractivity contribution in [3.63, 3.8) is 0 Å². The van der Waals surface area contributed by atoms with Gasteiger partial charge in [0.15, 0.2) is 0 Å². The zero-order valence-corrected chi connectivity index (χ0v) is 10.2. The molecule has 1 aromatic heterocycles. The third-order valence-corrected chi connectivity index (χ3v) is 2.26. The van der Waals surface area contributed by atoms with E-state index in [1.54, 1.807) is 0 Å². The molecule has 0 radical (unpaired) electrons. The average Bonchev–Trinajstić information content (AvgIpc) is 2.15. The lowest BCUT2D eigenvalue weighted by Gasteiger charge is -2.17. The molecule has 1 amide bonds. The molecule has 0 saturated carbocycles. The lowest BCUT2D eigenvalue weighted by atomic mass is 9.89. The number of halogens is 1. The second kappa shape index (κ2) is 5.09. The highest BCUT2D eigenvalue weighted by Crippen LogP contribution is 2.21. The predicted molar refractivity (Wildman–Crippen MR) is 61.7 cm³/mol. The van der Waals surface area contributed by atoms with Crippen LogP contribution in [0.25, 0.3) is 0 Å². The quantitative estimate of drug-likeness (QED) is 0.799. The molecule has 0 atom stereocenters. The van der Waals surface area contributed by atoms with E-state index in [1.165, 1.54) is 26.1 Å². The summed E-state index contributed by atoms with van der Waals surface area (Å²) in [6, 6.07) is 1.47. The average molecular weight is 258 g/mol. The molecule has 1 aromatic rings. The summed E-state index contributed by atoms with van der Waals surface area (Å²) in [5, 5.41) is 11.3. The molecule has 1 heterocycles. The summed E-state index contributed by atoms with van der Waals surface area (Å²) in [5.41, 5.74) is -1.12. The fraction of sp³-hybridized carbons (Fsp3) is 0.400. The minimum Gasteiger partial charge on any atom is -0.481 e. The van der Waals surface area contributed by atoms with Gasteiger partial charge in [0.2, 0.25) is 11.2 Å². The minimum atomic E-state index is -1.12. The fourth-order valence-electron chi connectivity index (χ4n) is 1.07. The van der Waals surface area contributed by atoms with Gasteiger partial charge < -0.3 is 10.4 Å². The molecule has 0 unspecified atom stereocenters. The zero-order chi connectivity index (χ0) is 13.1. The van der Waals surface area contributed by atoms with E-state index >= 15 is 0 Å². The van der Waals surface area contributed by atoms with Gasteiger partial charge in [0.05, 0.1) is 5.41 Å². The summed E-state index contributed by atoms with van der Waals surface area (Å²) in [6.45, 7) is 2.95. The standard InChI is InChI=1S/C10H12ClN3O3/c1-10(2,8(16)17)5-7(15)13-6-3-4-12-9(11)14-6/h3-4H,5H2,1-2H3,(H,16,17)(H,12,13,14,15). The van der Waals surface area contributed by atoms with E-state index in [-0.39, 0.29) is 17.5 Å². The van der Waals surface area contributed by atoms with Crippen LogP contribution in [0.3, 0.4) is 0 Å². The van der Waals surface area contributed by atoms with Crippen molar-refractivity contribution < 1.29 is 14.7 Å². The number of aromatic nitrogens is 2. The smallest absolute Gasteiger partial charge is 0.309 e. The molecular formula is C10H12ClN3O3. The van der Waals surface area contributed by atoms with Crippen molar-refractivity contribution in [3.8, 4) is 0 Å². The van der Waals surface area contributed by atoms with E-state index in [0.717, 1.165) is 0 Å². The Labute approximate surface area is 103 Å². The SMILES string of the molecule is CC(C)(CC(=O)Nc1ccnc(Cl)n1)C(=O)O. The molecule has 0 saturated heterocycles. The second-order valence-corrected chi connectivity index (χ2v) is 4.46. The number of aliphatic carboxylic acids is 1. The zero-order valence-electron chi connectivity index (χ0n) is 9.40. The number of carbonyl (C=O) groups excluding carboxylic acids is 1. The molecule has 0 bridgehead atoms. The number of hydrogen-bond donors (Lipinski definition) is 2.